The van der Waals surface area contributed by atoms with Crippen LogP contribution < -0.4 is 5.32 Å². The summed E-state index contributed by atoms with van der Waals surface area (Å²) in [6.07, 6.45) is 0. The third kappa shape index (κ3) is 2.42. The van der Waals surface area contributed by atoms with Crippen LogP contribution in [0.15, 0.2) is 6.07 Å². The predicted octanol–water partition coefficient (Wildman–Crippen LogP) is 1.48. The molecule has 0 unspecified atom stereocenters. The number of aryl methyl sites for hydroxylation is 4. The van der Waals surface area contributed by atoms with E-state index in [4.69, 9.17) is 0 Å². The Morgan fingerprint density at radius 3 is 2.61 bits per heavy atom. The van der Waals surface area contributed by atoms with E-state index >= 15 is 0 Å². The minimum absolute atomic E-state index is 0.103. The molecule has 0 aromatic carbocycles. The van der Waals surface area contributed by atoms with Crippen LogP contribution in [0.3, 0.4) is 0 Å². The van der Waals surface area contributed by atoms with E-state index in [2.05, 4.69) is 20.6 Å². The molecule has 96 valence electrons. The molecule has 6 heteroatoms. The number of nitrogens with zero attached hydrogens (tertiary/aromatic N) is 3. The molecule has 18 heavy (non-hydrogen) atoms. The predicted molar refractivity (Wildman–Crippen MR) is 68.4 cm³/mol. The average molecular weight is 247 g/mol. The van der Waals surface area contributed by atoms with Gasteiger partial charge in [0.2, 0.25) is 5.91 Å². The number of aromatic amines is 1. The zero-order valence-electron chi connectivity index (χ0n) is 11.0. The molecule has 0 aliphatic rings. The summed E-state index contributed by atoms with van der Waals surface area (Å²) >= 11 is 0. The van der Waals surface area contributed by atoms with E-state index in [9.17, 15) is 4.79 Å². The van der Waals surface area contributed by atoms with Crippen molar-refractivity contribution in [2.75, 3.05) is 5.32 Å². The number of amides is 1. The normalized spacial score (nSPS) is 10.7. The highest BCUT2D eigenvalue weighted by molar-refractivity contribution is 5.91. The van der Waals surface area contributed by atoms with Crippen molar-refractivity contribution in [2.24, 2.45) is 0 Å². The number of anilines is 1. The molecule has 0 saturated heterocycles. The fourth-order valence-corrected chi connectivity index (χ4v) is 1.89. The zero-order chi connectivity index (χ0) is 13.3. The van der Waals surface area contributed by atoms with Crippen molar-refractivity contribution >= 4 is 11.6 Å². The largest absolute Gasteiger partial charge is 0.321 e. The fraction of sp³-hybridized carbons (Fsp3) is 0.417. The van der Waals surface area contributed by atoms with Gasteiger partial charge in [-0.15, -0.1) is 0 Å². The van der Waals surface area contributed by atoms with Gasteiger partial charge in [0.1, 0.15) is 6.54 Å². The van der Waals surface area contributed by atoms with Crippen molar-refractivity contribution < 1.29 is 4.79 Å². The third-order valence-electron chi connectivity index (χ3n) is 2.79. The molecule has 0 atom stereocenters. The number of rotatable bonds is 3. The molecule has 0 aliphatic heterocycles. The Balaban J connectivity index is 2.08. The maximum Gasteiger partial charge on any atom is 0.246 e. The number of hydrogen-bond acceptors (Lipinski definition) is 3. The molecule has 2 rings (SSSR count). The number of aromatic nitrogens is 4. The van der Waals surface area contributed by atoms with Gasteiger partial charge in [-0.25, -0.2) is 0 Å². The molecule has 2 heterocycles. The van der Waals surface area contributed by atoms with Crippen LogP contribution in [-0.2, 0) is 11.3 Å². The first-order chi connectivity index (χ1) is 8.47. The van der Waals surface area contributed by atoms with Gasteiger partial charge >= 0.3 is 0 Å². The molecule has 6 nitrogen and oxygen atoms in total. The van der Waals surface area contributed by atoms with Crippen molar-refractivity contribution in [1.29, 1.82) is 0 Å². The summed E-state index contributed by atoms with van der Waals surface area (Å²) in [6, 6.07) is 1.95. The van der Waals surface area contributed by atoms with Gasteiger partial charge in [-0.2, -0.15) is 10.2 Å². The second-order valence-corrected chi connectivity index (χ2v) is 4.44. The summed E-state index contributed by atoms with van der Waals surface area (Å²) in [7, 11) is 0. The minimum Gasteiger partial charge on any atom is -0.321 e. The first-order valence-electron chi connectivity index (χ1n) is 5.80. The third-order valence-corrected chi connectivity index (χ3v) is 2.79. The average Bonchev–Trinajstić information content (AvgIpc) is 2.75. The number of H-pyrrole nitrogens is 1. The molecule has 0 bridgehead atoms. The fourth-order valence-electron chi connectivity index (χ4n) is 1.89. The number of carbonyl (C=O) groups is 1. The topological polar surface area (TPSA) is 75.6 Å². The summed E-state index contributed by atoms with van der Waals surface area (Å²) < 4.78 is 1.69. The maximum atomic E-state index is 11.9. The summed E-state index contributed by atoms with van der Waals surface area (Å²) in [5.74, 6) is -0.103. The van der Waals surface area contributed by atoms with Crippen molar-refractivity contribution in [3.8, 4) is 0 Å². The van der Waals surface area contributed by atoms with Gasteiger partial charge in [0, 0.05) is 5.69 Å². The van der Waals surface area contributed by atoms with Crippen molar-refractivity contribution in [3.63, 3.8) is 0 Å². The van der Waals surface area contributed by atoms with Crippen LogP contribution in [-0.4, -0.2) is 25.9 Å². The van der Waals surface area contributed by atoms with E-state index in [0.717, 1.165) is 28.5 Å². The summed E-state index contributed by atoms with van der Waals surface area (Å²) in [6.45, 7) is 7.78. The van der Waals surface area contributed by atoms with E-state index in [0.29, 0.717) is 0 Å². The standard InChI is InChI=1S/C12H17N5O/c1-7-5-8(2)17(16-7)6-11(18)13-12-9(3)14-15-10(12)4/h5H,6H2,1-4H3,(H,13,18)(H,14,15). The van der Waals surface area contributed by atoms with Crippen LogP contribution >= 0.6 is 0 Å². The molecular weight excluding hydrogens is 230 g/mol. The Hall–Kier alpha value is -2.11. The molecule has 2 N–H and O–H groups in total. The van der Waals surface area contributed by atoms with Gasteiger partial charge in [0.05, 0.1) is 22.8 Å². The smallest absolute Gasteiger partial charge is 0.246 e. The van der Waals surface area contributed by atoms with Crippen LogP contribution in [0.25, 0.3) is 0 Å². The Kier molecular flexibility index (Phi) is 3.18. The molecule has 0 fully saturated rings. The van der Waals surface area contributed by atoms with Gasteiger partial charge in [0.15, 0.2) is 0 Å². The van der Waals surface area contributed by atoms with Gasteiger partial charge in [-0.1, -0.05) is 0 Å². The quantitative estimate of drug-likeness (QED) is 0.862. The van der Waals surface area contributed by atoms with E-state index in [-0.39, 0.29) is 12.5 Å². The number of nitrogens with one attached hydrogen (secondary N) is 2. The SMILES string of the molecule is Cc1cc(C)n(CC(=O)Nc2c(C)n[nH]c2C)n1. The van der Waals surface area contributed by atoms with E-state index in [1.165, 1.54) is 0 Å². The van der Waals surface area contributed by atoms with Crippen LogP contribution in [0.4, 0.5) is 5.69 Å². The van der Waals surface area contributed by atoms with Gasteiger partial charge in [-0.3, -0.25) is 14.6 Å². The van der Waals surface area contributed by atoms with Crippen molar-refractivity contribution in [1.82, 2.24) is 20.0 Å². The lowest BCUT2D eigenvalue weighted by Gasteiger charge is -2.06. The molecule has 0 spiro atoms. The summed E-state index contributed by atoms with van der Waals surface area (Å²) in [5.41, 5.74) is 4.28. The lowest BCUT2D eigenvalue weighted by Crippen LogP contribution is -2.20. The highest BCUT2D eigenvalue weighted by Gasteiger charge is 2.12. The maximum absolute atomic E-state index is 11.9. The molecule has 0 aliphatic carbocycles. The summed E-state index contributed by atoms with van der Waals surface area (Å²) in [5, 5.41) is 14.0. The van der Waals surface area contributed by atoms with Crippen LogP contribution in [0.1, 0.15) is 22.8 Å². The molecule has 0 saturated carbocycles. The lowest BCUT2D eigenvalue weighted by molar-refractivity contribution is -0.116. The second-order valence-electron chi connectivity index (χ2n) is 4.44. The Morgan fingerprint density at radius 2 is 2.11 bits per heavy atom. The first-order valence-corrected chi connectivity index (χ1v) is 5.80. The van der Waals surface area contributed by atoms with Crippen LogP contribution in [0.5, 0.6) is 0 Å². The van der Waals surface area contributed by atoms with E-state index in [1.807, 2.05) is 33.8 Å². The lowest BCUT2D eigenvalue weighted by atomic mass is 10.3. The minimum atomic E-state index is -0.103. The number of carbonyl (C=O) groups excluding carboxylic acids is 1. The first kappa shape index (κ1) is 12.3. The molecular formula is C12H17N5O. The molecule has 2 aromatic rings. The highest BCUT2D eigenvalue weighted by atomic mass is 16.2. The van der Waals surface area contributed by atoms with E-state index < -0.39 is 0 Å². The summed E-state index contributed by atoms with van der Waals surface area (Å²) in [4.78, 5) is 11.9. The Labute approximate surface area is 105 Å². The van der Waals surface area contributed by atoms with Crippen LogP contribution in [0, 0.1) is 27.7 Å². The Morgan fingerprint density at radius 1 is 1.39 bits per heavy atom. The van der Waals surface area contributed by atoms with Gasteiger partial charge in [-0.05, 0) is 33.8 Å². The highest BCUT2D eigenvalue weighted by Crippen LogP contribution is 2.15. The molecule has 1 amide bonds. The number of hydrogen-bond donors (Lipinski definition) is 2. The zero-order valence-corrected chi connectivity index (χ0v) is 11.0. The van der Waals surface area contributed by atoms with E-state index in [1.54, 1.807) is 4.68 Å². The molecule has 0 radical (unpaired) electrons. The van der Waals surface area contributed by atoms with Crippen molar-refractivity contribution in [2.45, 2.75) is 34.2 Å². The van der Waals surface area contributed by atoms with Gasteiger partial charge < -0.3 is 5.32 Å². The molecule has 2 aromatic heterocycles. The Bertz CT molecular complexity index is 562. The van der Waals surface area contributed by atoms with Gasteiger partial charge in [0.25, 0.3) is 0 Å². The second kappa shape index (κ2) is 4.64. The van der Waals surface area contributed by atoms with Crippen molar-refractivity contribution in [3.05, 3.63) is 28.8 Å². The monoisotopic (exact) mass is 247 g/mol. The van der Waals surface area contributed by atoms with Crippen LogP contribution in [0.2, 0.25) is 0 Å².